The van der Waals surface area contributed by atoms with Crippen molar-refractivity contribution in [1.82, 2.24) is 9.97 Å². The van der Waals surface area contributed by atoms with Gasteiger partial charge in [0.1, 0.15) is 11.4 Å². The highest BCUT2D eigenvalue weighted by Crippen LogP contribution is 2.16. The third-order valence-corrected chi connectivity index (χ3v) is 2.08. The Labute approximate surface area is 91.6 Å². The number of carboxylic acids is 1. The average Bonchev–Trinajstić information content (AvgIpc) is 2.29. The van der Waals surface area contributed by atoms with Gasteiger partial charge in [-0.3, -0.25) is 0 Å². The van der Waals surface area contributed by atoms with E-state index in [1.807, 2.05) is 30.3 Å². The fraction of sp³-hybridized carbons (Fsp3) is 0. The zero-order chi connectivity index (χ0) is 11.5. The molecule has 2 aromatic rings. The van der Waals surface area contributed by atoms with Gasteiger partial charge in [-0.15, -0.1) is 0 Å². The summed E-state index contributed by atoms with van der Waals surface area (Å²) in [5, 5.41) is 8.77. The molecule has 0 amide bonds. The molecule has 1 heterocycles. The van der Waals surface area contributed by atoms with Crippen molar-refractivity contribution in [2.75, 3.05) is 5.73 Å². The summed E-state index contributed by atoms with van der Waals surface area (Å²) in [6, 6.07) is 9.23. The van der Waals surface area contributed by atoms with Gasteiger partial charge in [-0.25, -0.2) is 14.8 Å². The number of benzene rings is 1. The Balaban J connectivity index is 2.46. The molecule has 2 rings (SSSR count). The van der Waals surface area contributed by atoms with Crippen LogP contribution >= 0.6 is 0 Å². The minimum absolute atomic E-state index is 0.0265. The summed E-state index contributed by atoms with van der Waals surface area (Å²) in [6.07, 6.45) is 1.22. The quantitative estimate of drug-likeness (QED) is 0.790. The van der Waals surface area contributed by atoms with Crippen LogP contribution in [0.4, 0.5) is 5.82 Å². The molecule has 5 heteroatoms. The van der Waals surface area contributed by atoms with Crippen LogP contribution in [-0.4, -0.2) is 21.0 Å². The molecular formula is C11H9N3O2. The molecule has 3 N–H and O–H groups in total. The summed E-state index contributed by atoms with van der Waals surface area (Å²) >= 11 is 0. The van der Waals surface area contributed by atoms with E-state index in [9.17, 15) is 4.79 Å². The molecule has 0 atom stereocenters. The summed E-state index contributed by atoms with van der Waals surface area (Å²) in [5.74, 6) is -0.735. The average molecular weight is 215 g/mol. The van der Waals surface area contributed by atoms with Gasteiger partial charge in [0.15, 0.2) is 5.82 Å². The Hall–Kier alpha value is -2.43. The first-order valence-corrected chi connectivity index (χ1v) is 4.59. The lowest BCUT2D eigenvalue weighted by molar-refractivity contribution is 0.0697. The third kappa shape index (κ3) is 1.83. The number of nitrogens with zero attached hydrogens (tertiary/aromatic N) is 2. The lowest BCUT2D eigenvalue weighted by atomic mass is 10.2. The maximum absolute atomic E-state index is 10.7. The van der Waals surface area contributed by atoms with E-state index >= 15 is 0 Å². The van der Waals surface area contributed by atoms with E-state index in [1.165, 1.54) is 6.20 Å². The molecule has 0 aliphatic heterocycles. The van der Waals surface area contributed by atoms with Gasteiger partial charge in [0.05, 0.1) is 0 Å². The molecule has 0 saturated carbocycles. The van der Waals surface area contributed by atoms with Crippen LogP contribution in [0.5, 0.6) is 0 Å². The van der Waals surface area contributed by atoms with Crippen LogP contribution in [0, 0.1) is 0 Å². The van der Waals surface area contributed by atoms with Gasteiger partial charge >= 0.3 is 5.97 Å². The second kappa shape index (κ2) is 3.98. The molecule has 16 heavy (non-hydrogen) atoms. The molecule has 0 fully saturated rings. The molecule has 0 saturated heterocycles. The third-order valence-electron chi connectivity index (χ3n) is 2.08. The van der Waals surface area contributed by atoms with E-state index in [0.29, 0.717) is 5.82 Å². The van der Waals surface area contributed by atoms with E-state index in [1.54, 1.807) is 0 Å². The highest BCUT2D eigenvalue weighted by atomic mass is 16.4. The Morgan fingerprint density at radius 2 is 1.94 bits per heavy atom. The summed E-state index contributed by atoms with van der Waals surface area (Å²) in [4.78, 5) is 18.6. The van der Waals surface area contributed by atoms with Gasteiger partial charge in [0, 0.05) is 11.8 Å². The van der Waals surface area contributed by atoms with Gasteiger partial charge in [0.25, 0.3) is 0 Å². The smallest absolute Gasteiger partial charge is 0.341 e. The lowest BCUT2D eigenvalue weighted by Crippen LogP contribution is -2.06. The zero-order valence-electron chi connectivity index (χ0n) is 8.29. The van der Waals surface area contributed by atoms with Gasteiger partial charge in [0.2, 0.25) is 0 Å². The fourth-order valence-electron chi connectivity index (χ4n) is 1.29. The van der Waals surface area contributed by atoms with Crippen LogP contribution in [0.25, 0.3) is 11.4 Å². The summed E-state index contributed by atoms with van der Waals surface area (Å²) in [5.41, 5.74) is 6.24. The van der Waals surface area contributed by atoms with Gasteiger partial charge in [-0.05, 0) is 0 Å². The Kier molecular flexibility index (Phi) is 2.51. The SMILES string of the molecule is Nc1nc(-c2ccccc2)ncc1C(=O)O. The van der Waals surface area contributed by atoms with E-state index in [4.69, 9.17) is 10.8 Å². The minimum Gasteiger partial charge on any atom is -0.477 e. The first kappa shape index (κ1) is 10.1. The standard InChI is InChI=1S/C11H9N3O2/c12-9-8(11(15)16)6-13-10(14-9)7-4-2-1-3-5-7/h1-6H,(H,15,16)(H2,12,13,14). The molecule has 0 unspecified atom stereocenters. The predicted octanol–water partition coefficient (Wildman–Crippen LogP) is 1.42. The maximum Gasteiger partial charge on any atom is 0.341 e. The monoisotopic (exact) mass is 215 g/mol. The van der Waals surface area contributed by atoms with Crippen molar-refractivity contribution in [3.05, 3.63) is 42.1 Å². The molecule has 0 bridgehead atoms. The summed E-state index contributed by atoms with van der Waals surface area (Å²) < 4.78 is 0. The van der Waals surface area contributed by atoms with Gasteiger partial charge in [-0.1, -0.05) is 30.3 Å². The summed E-state index contributed by atoms with van der Waals surface area (Å²) in [7, 11) is 0. The van der Waals surface area contributed by atoms with Crippen molar-refractivity contribution < 1.29 is 9.90 Å². The van der Waals surface area contributed by atoms with Gasteiger partial charge in [-0.2, -0.15) is 0 Å². The normalized spacial score (nSPS) is 10.0. The van der Waals surface area contributed by atoms with Crippen molar-refractivity contribution in [2.45, 2.75) is 0 Å². The Morgan fingerprint density at radius 3 is 2.50 bits per heavy atom. The molecule has 1 aromatic heterocycles. The van der Waals surface area contributed by atoms with E-state index in [0.717, 1.165) is 5.56 Å². The molecule has 80 valence electrons. The number of nitrogens with two attached hydrogens (primary N) is 1. The van der Waals surface area contributed by atoms with Crippen LogP contribution in [-0.2, 0) is 0 Å². The van der Waals surface area contributed by atoms with Gasteiger partial charge < -0.3 is 10.8 Å². The predicted molar refractivity (Wildman–Crippen MR) is 58.8 cm³/mol. The maximum atomic E-state index is 10.7. The van der Waals surface area contributed by atoms with Crippen molar-refractivity contribution in [3.8, 4) is 11.4 Å². The Morgan fingerprint density at radius 1 is 1.25 bits per heavy atom. The zero-order valence-corrected chi connectivity index (χ0v) is 8.29. The lowest BCUT2D eigenvalue weighted by Gasteiger charge is -2.02. The largest absolute Gasteiger partial charge is 0.477 e. The van der Waals surface area contributed by atoms with Crippen LogP contribution in [0.2, 0.25) is 0 Å². The van der Waals surface area contributed by atoms with E-state index in [-0.39, 0.29) is 11.4 Å². The number of carbonyl (C=O) groups is 1. The van der Waals surface area contributed by atoms with Crippen molar-refractivity contribution >= 4 is 11.8 Å². The number of aromatic nitrogens is 2. The molecule has 0 aliphatic rings. The molecule has 1 aromatic carbocycles. The van der Waals surface area contributed by atoms with Crippen molar-refractivity contribution in [2.24, 2.45) is 0 Å². The van der Waals surface area contributed by atoms with Crippen LogP contribution in [0.3, 0.4) is 0 Å². The highest BCUT2D eigenvalue weighted by molar-refractivity contribution is 5.92. The number of hydrogen-bond acceptors (Lipinski definition) is 4. The first-order chi connectivity index (χ1) is 7.68. The van der Waals surface area contributed by atoms with Crippen LogP contribution in [0.15, 0.2) is 36.5 Å². The second-order valence-electron chi connectivity index (χ2n) is 3.16. The molecule has 5 nitrogen and oxygen atoms in total. The van der Waals surface area contributed by atoms with E-state index < -0.39 is 5.97 Å². The number of nitrogen functional groups attached to an aromatic ring is 1. The van der Waals surface area contributed by atoms with Crippen LogP contribution < -0.4 is 5.73 Å². The van der Waals surface area contributed by atoms with Crippen molar-refractivity contribution in [3.63, 3.8) is 0 Å². The molecule has 0 aliphatic carbocycles. The number of anilines is 1. The number of aromatic carboxylic acids is 1. The fourth-order valence-corrected chi connectivity index (χ4v) is 1.29. The molecular weight excluding hydrogens is 206 g/mol. The van der Waals surface area contributed by atoms with Crippen molar-refractivity contribution in [1.29, 1.82) is 0 Å². The second-order valence-corrected chi connectivity index (χ2v) is 3.16. The number of carboxylic acid groups (broad SMARTS) is 1. The van der Waals surface area contributed by atoms with E-state index in [2.05, 4.69) is 9.97 Å². The minimum atomic E-state index is -1.13. The topological polar surface area (TPSA) is 89.1 Å². The van der Waals surface area contributed by atoms with Crippen LogP contribution in [0.1, 0.15) is 10.4 Å². The molecule has 0 radical (unpaired) electrons. The highest BCUT2D eigenvalue weighted by Gasteiger charge is 2.11. The summed E-state index contributed by atoms with van der Waals surface area (Å²) in [6.45, 7) is 0. The number of hydrogen-bond donors (Lipinski definition) is 2. The number of rotatable bonds is 2. The molecule has 0 spiro atoms. The first-order valence-electron chi connectivity index (χ1n) is 4.59. The Bertz CT molecular complexity index is 526.